The predicted molar refractivity (Wildman–Crippen MR) is 150 cm³/mol. The Morgan fingerprint density at radius 3 is 2.39 bits per heavy atom. The number of alkyl halides is 3. The van der Waals surface area contributed by atoms with Gasteiger partial charge >= 0.3 is 6.18 Å². The van der Waals surface area contributed by atoms with Crippen molar-refractivity contribution in [2.75, 3.05) is 24.8 Å². The summed E-state index contributed by atoms with van der Waals surface area (Å²) in [5.41, 5.74) is -0.727. The van der Waals surface area contributed by atoms with Crippen LogP contribution < -0.4 is 20.7 Å². The molecule has 9 nitrogen and oxygen atoms in total. The number of carbonyl (C=O) groups is 2. The van der Waals surface area contributed by atoms with E-state index in [2.05, 4.69) is 30.9 Å². The molecule has 0 spiro atoms. The number of nitrogens with one attached hydrogen (secondary N) is 3. The molecule has 2 aromatic carbocycles. The maximum atomic E-state index is 13.8. The lowest BCUT2D eigenvalue weighted by molar-refractivity contribution is -0.138. The van der Waals surface area contributed by atoms with Gasteiger partial charge in [-0.05, 0) is 42.0 Å². The van der Waals surface area contributed by atoms with Crippen LogP contribution in [0.15, 0.2) is 54.9 Å². The van der Waals surface area contributed by atoms with Crippen molar-refractivity contribution >= 4 is 34.2 Å². The van der Waals surface area contributed by atoms with Gasteiger partial charge in [0.05, 0.1) is 30.0 Å². The van der Waals surface area contributed by atoms with Crippen LogP contribution >= 0.6 is 0 Å². The minimum atomic E-state index is -4.77. The van der Waals surface area contributed by atoms with E-state index in [9.17, 15) is 22.8 Å². The number of methoxy groups -OCH3 is 1. The number of benzene rings is 2. The number of rotatable bonds is 7. The van der Waals surface area contributed by atoms with Crippen molar-refractivity contribution in [2.45, 2.75) is 33.5 Å². The number of carbonyl (C=O) groups excluding carboxylic acids is 2. The van der Waals surface area contributed by atoms with Crippen molar-refractivity contribution in [3.63, 3.8) is 0 Å². The van der Waals surface area contributed by atoms with Gasteiger partial charge in [0, 0.05) is 41.8 Å². The topological polar surface area (TPSA) is 118 Å². The Bertz CT molecular complexity index is 1620. The summed E-state index contributed by atoms with van der Waals surface area (Å²) < 4.78 is 46.7. The van der Waals surface area contributed by atoms with Crippen LogP contribution in [-0.2, 0) is 17.5 Å². The molecule has 0 radical (unpaired) electrons. The van der Waals surface area contributed by atoms with Gasteiger partial charge in [0.25, 0.3) is 5.91 Å². The summed E-state index contributed by atoms with van der Waals surface area (Å²) in [4.78, 5) is 38.7. The molecule has 3 N–H and O–H groups in total. The highest BCUT2D eigenvalue weighted by Crippen LogP contribution is 2.34. The Kier molecular flexibility index (Phi) is 8.13. The Hall–Kier alpha value is -4.74. The molecule has 2 aromatic heterocycles. The molecule has 2 heterocycles. The normalized spacial score (nSPS) is 11.7. The number of anilines is 2. The molecule has 4 aromatic rings. The quantitative estimate of drug-likeness (QED) is 0.264. The third-order valence-electron chi connectivity index (χ3n) is 6.17. The van der Waals surface area contributed by atoms with Gasteiger partial charge in [-0.2, -0.15) is 13.2 Å². The van der Waals surface area contributed by atoms with Gasteiger partial charge in [0.2, 0.25) is 5.91 Å². The van der Waals surface area contributed by atoms with Gasteiger partial charge in [0.15, 0.2) is 5.82 Å². The first-order valence-electron chi connectivity index (χ1n) is 12.6. The zero-order valence-corrected chi connectivity index (χ0v) is 23.1. The molecular formula is C29H29F3N6O3. The van der Waals surface area contributed by atoms with Crippen molar-refractivity contribution in [1.82, 2.24) is 20.3 Å². The lowest BCUT2D eigenvalue weighted by atomic mass is 9.95. The number of halogens is 3. The average Bonchev–Trinajstić information content (AvgIpc) is 2.93. The van der Waals surface area contributed by atoms with Crippen LogP contribution in [0.5, 0.6) is 5.75 Å². The number of hydrogen-bond donors (Lipinski definition) is 3. The second-order valence-corrected chi connectivity index (χ2v) is 10.3. The zero-order chi connectivity index (χ0) is 29.9. The lowest BCUT2D eigenvalue weighted by Crippen LogP contribution is -2.34. The molecule has 4 rings (SSSR count). The number of aromatic nitrogens is 3. The fraction of sp³-hybridized carbons (Fsp3) is 0.276. The summed E-state index contributed by atoms with van der Waals surface area (Å²) in [5, 5.41) is 8.89. The molecule has 0 unspecified atom stereocenters. The first-order valence-corrected chi connectivity index (χ1v) is 12.6. The zero-order valence-electron chi connectivity index (χ0n) is 23.1. The molecule has 0 aliphatic rings. The smallest absolute Gasteiger partial charge is 0.417 e. The predicted octanol–water partition coefficient (Wildman–Crippen LogP) is 5.68. The lowest BCUT2D eigenvalue weighted by Gasteiger charge is -2.19. The minimum absolute atomic E-state index is 0.0316. The number of ether oxygens (including phenoxy) is 1. The van der Waals surface area contributed by atoms with Crippen LogP contribution in [0, 0.1) is 5.41 Å². The molecule has 0 aliphatic heterocycles. The van der Waals surface area contributed by atoms with Gasteiger partial charge in [-0.1, -0.05) is 26.8 Å². The number of pyridine rings is 1. The van der Waals surface area contributed by atoms with Crippen molar-refractivity contribution < 1.29 is 27.5 Å². The van der Waals surface area contributed by atoms with Crippen LogP contribution in [0.3, 0.4) is 0 Å². The Labute approximate surface area is 234 Å². The first-order chi connectivity index (χ1) is 19.3. The van der Waals surface area contributed by atoms with Crippen molar-refractivity contribution in [3.05, 3.63) is 71.5 Å². The molecule has 214 valence electrons. The SMILES string of the molecule is CNc1nc(-c2cncc(OC)c2)nc2cc(NC(=O)c3cc(CNC(=O)C(C)(C)C)ccc3C(F)(F)F)ccc12. The fourth-order valence-electron chi connectivity index (χ4n) is 3.96. The maximum absolute atomic E-state index is 13.8. The minimum Gasteiger partial charge on any atom is -0.495 e. The Morgan fingerprint density at radius 1 is 0.976 bits per heavy atom. The van der Waals surface area contributed by atoms with Crippen molar-refractivity contribution in [1.29, 1.82) is 0 Å². The molecule has 2 amide bonds. The number of fused-ring (bicyclic) bond motifs is 1. The van der Waals surface area contributed by atoms with Gasteiger partial charge < -0.3 is 20.7 Å². The standard InChI is InChI=1S/C29H29F3N6O3/c1-28(2,3)27(40)35-13-16-6-9-22(29(30,31)32)21(10-16)26(39)36-18-7-8-20-23(12-18)37-24(38-25(20)33-4)17-11-19(41-5)15-34-14-17/h6-12,14-15H,13H2,1-5H3,(H,35,40)(H,36,39)(H,33,37,38). The van der Waals surface area contributed by atoms with Gasteiger partial charge in [-0.15, -0.1) is 0 Å². The second-order valence-electron chi connectivity index (χ2n) is 10.3. The van der Waals surface area contributed by atoms with E-state index >= 15 is 0 Å². The molecule has 0 bridgehead atoms. The summed E-state index contributed by atoms with van der Waals surface area (Å²) in [6.45, 7) is 5.13. The van der Waals surface area contributed by atoms with Gasteiger partial charge in [-0.25, -0.2) is 9.97 Å². The summed E-state index contributed by atoms with van der Waals surface area (Å²) in [5.74, 6) is 0.127. The van der Waals surface area contributed by atoms with E-state index in [1.165, 1.54) is 13.2 Å². The number of nitrogens with zero attached hydrogens (tertiary/aromatic N) is 3. The summed E-state index contributed by atoms with van der Waals surface area (Å²) in [6, 6.07) is 9.70. The van der Waals surface area contributed by atoms with Crippen LogP contribution in [0.2, 0.25) is 0 Å². The highest BCUT2D eigenvalue weighted by molar-refractivity contribution is 6.06. The highest BCUT2D eigenvalue weighted by atomic mass is 19.4. The third kappa shape index (κ3) is 6.71. The van der Waals surface area contributed by atoms with Crippen LogP contribution in [0.4, 0.5) is 24.7 Å². The van der Waals surface area contributed by atoms with E-state index in [-0.39, 0.29) is 18.1 Å². The van der Waals surface area contributed by atoms with E-state index in [0.29, 0.717) is 39.4 Å². The van der Waals surface area contributed by atoms with Gasteiger partial charge in [0.1, 0.15) is 11.6 Å². The molecule has 0 atom stereocenters. The number of hydrogen-bond acceptors (Lipinski definition) is 7. The van der Waals surface area contributed by atoms with E-state index < -0.39 is 28.6 Å². The largest absolute Gasteiger partial charge is 0.495 e. The molecule has 0 saturated carbocycles. The third-order valence-corrected chi connectivity index (χ3v) is 6.17. The van der Waals surface area contributed by atoms with Crippen molar-refractivity contribution in [3.8, 4) is 17.1 Å². The highest BCUT2D eigenvalue weighted by Gasteiger charge is 2.35. The Morgan fingerprint density at radius 2 is 1.73 bits per heavy atom. The van der Waals surface area contributed by atoms with E-state index in [1.54, 1.807) is 64.5 Å². The summed E-state index contributed by atoms with van der Waals surface area (Å²) in [7, 11) is 3.21. The van der Waals surface area contributed by atoms with E-state index in [4.69, 9.17) is 4.74 Å². The van der Waals surface area contributed by atoms with Crippen LogP contribution in [0.25, 0.3) is 22.3 Å². The molecular weight excluding hydrogens is 537 g/mol. The summed E-state index contributed by atoms with van der Waals surface area (Å²) in [6.07, 6.45) is -1.65. The molecule has 41 heavy (non-hydrogen) atoms. The summed E-state index contributed by atoms with van der Waals surface area (Å²) >= 11 is 0. The molecule has 0 fully saturated rings. The Balaban J connectivity index is 1.68. The average molecular weight is 567 g/mol. The first kappa shape index (κ1) is 29.2. The monoisotopic (exact) mass is 566 g/mol. The molecule has 12 heteroatoms. The molecule has 0 saturated heterocycles. The van der Waals surface area contributed by atoms with Crippen molar-refractivity contribution in [2.24, 2.45) is 5.41 Å². The van der Waals surface area contributed by atoms with Crippen LogP contribution in [0.1, 0.15) is 42.3 Å². The van der Waals surface area contributed by atoms with E-state index in [1.807, 2.05) is 0 Å². The second kappa shape index (κ2) is 11.4. The maximum Gasteiger partial charge on any atom is 0.417 e. The fourth-order valence-corrected chi connectivity index (χ4v) is 3.96. The van der Waals surface area contributed by atoms with Gasteiger partial charge in [-0.3, -0.25) is 14.6 Å². The van der Waals surface area contributed by atoms with Crippen LogP contribution in [-0.4, -0.2) is 40.9 Å². The number of amides is 2. The molecule has 0 aliphatic carbocycles. The van der Waals surface area contributed by atoms with E-state index in [0.717, 1.165) is 12.1 Å².